The quantitative estimate of drug-likeness (QED) is 0.215. The summed E-state index contributed by atoms with van der Waals surface area (Å²) in [4.78, 5) is 43.7. The van der Waals surface area contributed by atoms with Crippen LogP contribution in [0.3, 0.4) is 0 Å². The number of esters is 1. The number of carbonyl (C=O) groups is 3. The molecule has 4 rings (SSSR count). The number of likely N-dealkylation sites (N-methyl/N-ethyl adjacent to an activating group) is 1. The lowest BCUT2D eigenvalue weighted by Gasteiger charge is -2.50. The van der Waals surface area contributed by atoms with Crippen molar-refractivity contribution in [3.63, 3.8) is 0 Å². The highest BCUT2D eigenvalue weighted by Crippen LogP contribution is 2.42. The van der Waals surface area contributed by atoms with Crippen LogP contribution in [0.15, 0.2) is 24.3 Å². The van der Waals surface area contributed by atoms with Gasteiger partial charge in [-0.15, -0.1) is 0 Å². The fourth-order valence-corrected chi connectivity index (χ4v) is 9.87. The van der Waals surface area contributed by atoms with E-state index in [4.69, 9.17) is 42.6 Å². The Kier molecular flexibility index (Phi) is 18.6. The van der Waals surface area contributed by atoms with E-state index in [0.717, 1.165) is 5.56 Å². The molecule has 0 aromatic heterocycles. The molecule has 0 saturated carbocycles. The van der Waals surface area contributed by atoms with Gasteiger partial charge in [-0.25, -0.2) is 4.79 Å². The predicted octanol–water partition coefficient (Wildman–Crippen LogP) is 4.38. The molecule has 1 aromatic rings. The first-order valence-electron chi connectivity index (χ1n) is 22.7. The first-order valence-corrected chi connectivity index (χ1v) is 22.7. The maximum absolute atomic E-state index is 14.5. The molecule has 3 fully saturated rings. The minimum absolute atomic E-state index is 0.0523. The van der Waals surface area contributed by atoms with Crippen LogP contribution in [0.5, 0.6) is 5.75 Å². The topological polar surface area (TPSA) is 210 Å². The van der Waals surface area contributed by atoms with E-state index in [9.17, 15) is 29.7 Å². The molecule has 3 saturated heterocycles. The van der Waals surface area contributed by atoms with Crippen molar-refractivity contribution in [3.05, 3.63) is 29.8 Å². The lowest BCUT2D eigenvalue weighted by molar-refractivity contribution is -0.319. The van der Waals surface area contributed by atoms with Crippen LogP contribution in [0.25, 0.3) is 0 Å². The standard InChI is InChI=1S/C47H78N2O15/c1-16-34-47(10,55)39(52)27(4)36(50)25(2)22-45(8,57-14)40(63-43-37(51)33(49(11)12)21-26(3)59-43)28(5)38(29(6)42(53)61-34)62-35-23-46(9,58-15)41(30(7)60-35)64-44(54)48-24-31-17-19-32(56-13)20-18-31/h17-20,25-30,33-35,37-41,43,51-52,55H,16,21-24H2,1-15H3,(H,48,54)/t25-,26-,27+,28+,29-,30+,33+,34-,35+,37-,38+,39-,40-,41+,43+,45-,46-,47-/m1/s1. The summed E-state index contributed by atoms with van der Waals surface area (Å²) >= 11 is 0. The molecule has 3 heterocycles. The summed E-state index contributed by atoms with van der Waals surface area (Å²) in [5.41, 5.74) is -3.62. The smallest absolute Gasteiger partial charge is 0.407 e. The number of alkyl carbamates (subject to hydrolysis) is 1. The summed E-state index contributed by atoms with van der Waals surface area (Å²) in [6.45, 7) is 17.2. The summed E-state index contributed by atoms with van der Waals surface area (Å²) in [6, 6.07) is 6.94. The van der Waals surface area contributed by atoms with Gasteiger partial charge in [-0.3, -0.25) is 9.59 Å². The summed E-state index contributed by atoms with van der Waals surface area (Å²) < 4.78 is 56.1. The number of amides is 1. The van der Waals surface area contributed by atoms with E-state index in [1.807, 2.05) is 45.0 Å². The summed E-state index contributed by atoms with van der Waals surface area (Å²) in [5.74, 6) is -4.03. The molecule has 0 bridgehead atoms. The van der Waals surface area contributed by atoms with E-state index in [2.05, 4.69) is 5.32 Å². The fraction of sp³-hybridized carbons (Fsp3) is 0.809. The largest absolute Gasteiger partial charge is 0.497 e. The van der Waals surface area contributed by atoms with Crippen molar-refractivity contribution >= 4 is 17.8 Å². The number of aliphatic hydroxyl groups excluding tert-OH is 2. The molecule has 3 aliphatic rings. The van der Waals surface area contributed by atoms with Gasteiger partial charge in [0.25, 0.3) is 0 Å². The average molecular weight is 911 g/mol. The zero-order valence-corrected chi connectivity index (χ0v) is 40.7. The number of carbonyl (C=O) groups excluding carboxylic acids is 3. The third-order valence-corrected chi connectivity index (χ3v) is 14.1. The van der Waals surface area contributed by atoms with Crippen molar-refractivity contribution in [1.29, 1.82) is 0 Å². The highest BCUT2D eigenvalue weighted by atomic mass is 16.7. The van der Waals surface area contributed by atoms with Gasteiger partial charge >= 0.3 is 12.1 Å². The van der Waals surface area contributed by atoms with Crippen molar-refractivity contribution in [2.24, 2.45) is 23.7 Å². The number of Topliss-reactive ketones (excluding diaryl/α,β-unsaturated/α-hetero) is 1. The van der Waals surface area contributed by atoms with Crippen LogP contribution in [0.2, 0.25) is 0 Å². The summed E-state index contributed by atoms with van der Waals surface area (Å²) in [7, 11) is 8.32. The van der Waals surface area contributed by atoms with Crippen molar-refractivity contribution in [3.8, 4) is 5.75 Å². The molecule has 1 aromatic carbocycles. The van der Waals surface area contributed by atoms with Gasteiger partial charge in [0.1, 0.15) is 34.9 Å². The number of aliphatic hydroxyl groups is 3. The minimum atomic E-state index is -2.01. The molecule has 0 spiro atoms. The number of hydrogen-bond acceptors (Lipinski definition) is 16. The molecule has 0 radical (unpaired) electrons. The number of nitrogens with one attached hydrogen (secondary N) is 1. The summed E-state index contributed by atoms with van der Waals surface area (Å²) in [5, 5.41) is 37.9. The van der Waals surface area contributed by atoms with E-state index < -0.39 is 108 Å². The Balaban J connectivity index is 1.75. The number of benzene rings is 1. The maximum atomic E-state index is 14.5. The van der Waals surface area contributed by atoms with Crippen LogP contribution in [0, 0.1) is 23.7 Å². The SMILES string of the molecule is CC[C@H]1OC(=O)[C@H](C)[C@@H](O[C@H]2C[C@@](C)(OC)[C@@H](OC(=O)NCc3ccc(OC)cc3)[C@H](C)O2)[C@H](C)[C@@H](O[C@@H]2O[C@H](C)C[C@H](N(C)C)[C@H]2O)[C@](C)(OC)C[C@@H](C)C(=O)[C@H](C)[C@@H](O)[C@]1(C)O. The molecule has 0 unspecified atom stereocenters. The van der Waals surface area contributed by atoms with E-state index in [1.54, 1.807) is 67.7 Å². The van der Waals surface area contributed by atoms with Crippen LogP contribution in [0.4, 0.5) is 4.79 Å². The van der Waals surface area contributed by atoms with Crippen molar-refractivity contribution in [2.75, 3.05) is 35.4 Å². The fourth-order valence-electron chi connectivity index (χ4n) is 9.87. The second kappa shape index (κ2) is 22.2. The van der Waals surface area contributed by atoms with Gasteiger partial charge < -0.3 is 68.2 Å². The van der Waals surface area contributed by atoms with Gasteiger partial charge in [-0.05, 0) is 92.6 Å². The number of ether oxygens (including phenoxy) is 9. The Labute approximate surface area is 380 Å². The molecular formula is C47H78N2O15. The van der Waals surface area contributed by atoms with E-state index in [1.165, 1.54) is 21.1 Å². The number of cyclic esters (lactones) is 1. The summed E-state index contributed by atoms with van der Waals surface area (Å²) in [6.07, 6.45) is -10.0. The number of nitrogens with zero attached hydrogens (tertiary/aromatic N) is 1. The first kappa shape index (κ1) is 53.6. The minimum Gasteiger partial charge on any atom is -0.497 e. The second-order valence-corrected chi connectivity index (χ2v) is 19.2. The predicted molar refractivity (Wildman–Crippen MR) is 235 cm³/mol. The molecule has 1 amide bonds. The number of ketones is 1. The third kappa shape index (κ3) is 12.1. The molecular weight excluding hydrogens is 833 g/mol. The lowest BCUT2D eigenvalue weighted by atomic mass is 9.74. The van der Waals surface area contributed by atoms with Gasteiger partial charge in [0.05, 0.1) is 49.1 Å². The molecule has 18 atom stereocenters. The van der Waals surface area contributed by atoms with Gasteiger partial charge in [-0.2, -0.15) is 0 Å². The van der Waals surface area contributed by atoms with Gasteiger partial charge in [0.2, 0.25) is 0 Å². The van der Waals surface area contributed by atoms with Gasteiger partial charge in [0.15, 0.2) is 18.7 Å². The van der Waals surface area contributed by atoms with Gasteiger partial charge in [0, 0.05) is 51.0 Å². The van der Waals surface area contributed by atoms with Crippen molar-refractivity contribution < 1.29 is 72.3 Å². The van der Waals surface area contributed by atoms with E-state index in [0.29, 0.717) is 12.2 Å². The Morgan fingerprint density at radius 3 is 2.05 bits per heavy atom. The first-order chi connectivity index (χ1) is 29.9. The Morgan fingerprint density at radius 1 is 0.875 bits per heavy atom. The van der Waals surface area contributed by atoms with Gasteiger partial charge in [-0.1, -0.05) is 39.8 Å². The van der Waals surface area contributed by atoms with Crippen LogP contribution in [-0.2, 0) is 54.0 Å². The average Bonchev–Trinajstić information content (AvgIpc) is 3.26. The van der Waals surface area contributed by atoms with Crippen LogP contribution >= 0.6 is 0 Å². The molecule has 17 nitrogen and oxygen atoms in total. The van der Waals surface area contributed by atoms with Crippen molar-refractivity contribution in [2.45, 2.75) is 186 Å². The molecule has 64 heavy (non-hydrogen) atoms. The maximum Gasteiger partial charge on any atom is 0.407 e. The van der Waals surface area contributed by atoms with E-state index >= 15 is 0 Å². The molecule has 0 aliphatic carbocycles. The van der Waals surface area contributed by atoms with Crippen LogP contribution < -0.4 is 10.1 Å². The normalized spacial score (nSPS) is 41.8. The molecule has 3 aliphatic heterocycles. The lowest BCUT2D eigenvalue weighted by Crippen LogP contribution is -2.62. The Bertz CT molecular complexity index is 1680. The van der Waals surface area contributed by atoms with Crippen LogP contribution in [-0.4, -0.2) is 158 Å². The molecule has 17 heteroatoms. The highest BCUT2D eigenvalue weighted by Gasteiger charge is 2.55. The Hall–Kier alpha value is -2.97. The number of rotatable bonds is 12. The van der Waals surface area contributed by atoms with Crippen LogP contribution in [0.1, 0.15) is 100 Å². The highest BCUT2D eigenvalue weighted by molar-refractivity contribution is 5.83. The zero-order valence-electron chi connectivity index (χ0n) is 40.7. The zero-order chi connectivity index (χ0) is 48.1. The Morgan fingerprint density at radius 2 is 1.48 bits per heavy atom. The second-order valence-electron chi connectivity index (χ2n) is 19.2. The number of methoxy groups -OCH3 is 3. The molecule has 366 valence electrons. The third-order valence-electron chi connectivity index (χ3n) is 14.1. The molecule has 4 N–H and O–H groups in total. The van der Waals surface area contributed by atoms with E-state index in [-0.39, 0.29) is 43.7 Å². The van der Waals surface area contributed by atoms with Crippen molar-refractivity contribution in [1.82, 2.24) is 10.2 Å². The monoisotopic (exact) mass is 911 g/mol. The number of hydrogen-bond donors (Lipinski definition) is 4.